The molecule has 3 heteroatoms. The lowest BCUT2D eigenvalue weighted by atomic mass is 9.98. The number of nitrogens with two attached hydrogens (primary N) is 1. The zero-order valence-electron chi connectivity index (χ0n) is 11.3. The van der Waals surface area contributed by atoms with Crippen molar-refractivity contribution in [1.82, 2.24) is 0 Å². The van der Waals surface area contributed by atoms with E-state index in [2.05, 4.69) is 39.0 Å². The van der Waals surface area contributed by atoms with E-state index in [1.165, 1.54) is 27.1 Å². The second-order valence-corrected chi connectivity index (χ2v) is 5.77. The van der Waals surface area contributed by atoms with Crippen LogP contribution in [0.4, 0.5) is 5.00 Å². The van der Waals surface area contributed by atoms with Crippen LogP contribution in [0, 0.1) is 20.8 Å². The first kappa shape index (κ1) is 13.0. The molecule has 0 atom stereocenters. The minimum absolute atomic E-state index is 0.698. The van der Waals surface area contributed by atoms with E-state index < -0.39 is 0 Å². The van der Waals surface area contributed by atoms with Crippen molar-refractivity contribution in [2.45, 2.75) is 27.7 Å². The van der Waals surface area contributed by atoms with Crippen molar-refractivity contribution < 1.29 is 4.74 Å². The number of thiophene rings is 1. The number of hydrogen-bond donors (Lipinski definition) is 1. The van der Waals surface area contributed by atoms with Crippen LogP contribution < -0.4 is 10.5 Å². The Kier molecular flexibility index (Phi) is 3.62. The highest BCUT2D eigenvalue weighted by atomic mass is 32.1. The Morgan fingerprint density at radius 3 is 2.33 bits per heavy atom. The van der Waals surface area contributed by atoms with Crippen LogP contribution >= 0.6 is 11.3 Å². The molecule has 0 aliphatic rings. The summed E-state index contributed by atoms with van der Waals surface area (Å²) in [4.78, 5) is 1.26. The molecule has 18 heavy (non-hydrogen) atoms. The summed E-state index contributed by atoms with van der Waals surface area (Å²) in [6.07, 6.45) is 0. The molecule has 1 heterocycles. The van der Waals surface area contributed by atoms with Gasteiger partial charge in [-0.05, 0) is 68.1 Å². The van der Waals surface area contributed by atoms with Crippen molar-refractivity contribution in [3.8, 4) is 16.9 Å². The first-order chi connectivity index (χ1) is 8.52. The number of hydrogen-bond acceptors (Lipinski definition) is 3. The Morgan fingerprint density at radius 2 is 1.78 bits per heavy atom. The van der Waals surface area contributed by atoms with E-state index in [1.54, 1.807) is 11.3 Å². The lowest BCUT2D eigenvalue weighted by molar-refractivity contribution is 0.337. The molecule has 0 saturated heterocycles. The van der Waals surface area contributed by atoms with Gasteiger partial charge < -0.3 is 10.5 Å². The molecule has 2 nitrogen and oxygen atoms in total. The highest BCUT2D eigenvalue weighted by Gasteiger charge is 2.11. The molecule has 0 aliphatic heterocycles. The highest BCUT2D eigenvalue weighted by molar-refractivity contribution is 7.16. The summed E-state index contributed by atoms with van der Waals surface area (Å²) in [5.74, 6) is 0.972. The van der Waals surface area contributed by atoms with Crippen molar-refractivity contribution in [3.05, 3.63) is 34.2 Å². The number of nitrogen functional groups attached to an aromatic ring is 1. The van der Waals surface area contributed by atoms with Crippen LogP contribution in [0.2, 0.25) is 0 Å². The summed E-state index contributed by atoms with van der Waals surface area (Å²) < 4.78 is 5.62. The van der Waals surface area contributed by atoms with Gasteiger partial charge in [0.2, 0.25) is 0 Å². The second-order valence-electron chi connectivity index (χ2n) is 4.48. The molecule has 0 radical (unpaired) electrons. The van der Waals surface area contributed by atoms with E-state index in [0.717, 1.165) is 10.8 Å². The van der Waals surface area contributed by atoms with Gasteiger partial charge in [-0.3, -0.25) is 0 Å². The molecule has 96 valence electrons. The molecule has 2 aromatic rings. The van der Waals surface area contributed by atoms with Gasteiger partial charge in [-0.2, -0.15) is 0 Å². The van der Waals surface area contributed by atoms with E-state index in [4.69, 9.17) is 10.5 Å². The van der Waals surface area contributed by atoms with E-state index in [-0.39, 0.29) is 0 Å². The van der Waals surface area contributed by atoms with Gasteiger partial charge in [0, 0.05) is 4.88 Å². The van der Waals surface area contributed by atoms with Crippen LogP contribution in [0.25, 0.3) is 11.1 Å². The number of aryl methyl sites for hydroxylation is 3. The Bertz CT molecular complexity index is 572. The monoisotopic (exact) mass is 261 g/mol. The van der Waals surface area contributed by atoms with Crippen LogP contribution in [0.15, 0.2) is 18.2 Å². The molecular weight excluding hydrogens is 242 g/mol. The molecule has 0 bridgehead atoms. The Labute approximate surface area is 112 Å². The molecule has 0 spiro atoms. The molecule has 0 fully saturated rings. The third-order valence-electron chi connectivity index (χ3n) is 3.05. The zero-order chi connectivity index (χ0) is 13.3. The van der Waals surface area contributed by atoms with Crippen molar-refractivity contribution in [2.75, 3.05) is 12.3 Å². The summed E-state index contributed by atoms with van der Waals surface area (Å²) in [6.45, 7) is 9.02. The van der Waals surface area contributed by atoms with Gasteiger partial charge in [0.25, 0.3) is 0 Å². The summed E-state index contributed by atoms with van der Waals surface area (Å²) in [5, 5.41) is 0.869. The van der Waals surface area contributed by atoms with E-state index in [0.29, 0.717) is 6.61 Å². The lowest BCUT2D eigenvalue weighted by Gasteiger charge is -2.12. The summed E-state index contributed by atoms with van der Waals surface area (Å²) >= 11 is 1.64. The minimum atomic E-state index is 0.698. The highest BCUT2D eigenvalue weighted by Crippen LogP contribution is 2.36. The Morgan fingerprint density at radius 1 is 1.06 bits per heavy atom. The van der Waals surface area contributed by atoms with Crippen LogP contribution in [0.1, 0.15) is 22.9 Å². The molecule has 2 N–H and O–H groups in total. The molecule has 1 aromatic carbocycles. The van der Waals surface area contributed by atoms with Crippen molar-refractivity contribution in [1.29, 1.82) is 0 Å². The zero-order valence-corrected chi connectivity index (χ0v) is 12.1. The first-order valence-electron chi connectivity index (χ1n) is 6.13. The summed E-state index contributed by atoms with van der Waals surface area (Å²) in [7, 11) is 0. The number of rotatable bonds is 3. The maximum Gasteiger partial charge on any atom is 0.122 e. The fraction of sp³-hybridized carbons (Fsp3) is 0.333. The van der Waals surface area contributed by atoms with Crippen molar-refractivity contribution in [3.63, 3.8) is 0 Å². The normalized spacial score (nSPS) is 10.7. The van der Waals surface area contributed by atoms with E-state index in [1.807, 2.05) is 6.92 Å². The second kappa shape index (κ2) is 5.02. The Balaban J connectivity index is 2.52. The molecule has 0 saturated carbocycles. The van der Waals surface area contributed by atoms with Gasteiger partial charge in [-0.15, -0.1) is 11.3 Å². The van der Waals surface area contributed by atoms with Crippen LogP contribution in [0.3, 0.4) is 0 Å². The van der Waals surface area contributed by atoms with Crippen LogP contribution in [-0.4, -0.2) is 6.61 Å². The van der Waals surface area contributed by atoms with E-state index in [9.17, 15) is 0 Å². The van der Waals surface area contributed by atoms with Gasteiger partial charge in [0.15, 0.2) is 0 Å². The maximum atomic E-state index is 5.88. The number of ether oxygens (including phenoxy) is 1. The van der Waals surface area contributed by atoms with Crippen LogP contribution in [-0.2, 0) is 0 Å². The molecule has 0 unspecified atom stereocenters. The Hall–Kier alpha value is -1.48. The van der Waals surface area contributed by atoms with Gasteiger partial charge in [-0.25, -0.2) is 0 Å². The topological polar surface area (TPSA) is 35.2 Å². The van der Waals surface area contributed by atoms with Gasteiger partial charge >= 0.3 is 0 Å². The predicted molar refractivity (Wildman–Crippen MR) is 79.5 cm³/mol. The molecule has 0 aliphatic carbocycles. The largest absolute Gasteiger partial charge is 0.494 e. The molecule has 2 rings (SSSR count). The van der Waals surface area contributed by atoms with Gasteiger partial charge in [0.1, 0.15) is 5.75 Å². The predicted octanol–water partition coefficient (Wildman–Crippen LogP) is 4.32. The van der Waals surface area contributed by atoms with E-state index >= 15 is 0 Å². The van der Waals surface area contributed by atoms with Gasteiger partial charge in [0.05, 0.1) is 11.6 Å². The molecule has 1 aromatic heterocycles. The number of anilines is 1. The molecule has 0 amide bonds. The third kappa shape index (κ3) is 2.36. The standard InChI is InChI=1S/C15H19NOS/c1-5-17-14-7-9(2)12(6-10(14)3)13-8-15(16)18-11(13)4/h6-8H,5,16H2,1-4H3. The fourth-order valence-electron chi connectivity index (χ4n) is 2.16. The average Bonchev–Trinajstić information content (AvgIpc) is 2.63. The lowest BCUT2D eigenvalue weighted by Crippen LogP contribution is -1.96. The van der Waals surface area contributed by atoms with Crippen molar-refractivity contribution >= 4 is 16.3 Å². The smallest absolute Gasteiger partial charge is 0.122 e. The first-order valence-corrected chi connectivity index (χ1v) is 6.95. The SMILES string of the molecule is CCOc1cc(C)c(-c2cc(N)sc2C)cc1C. The molecular formula is C15H19NOS. The number of benzene rings is 1. The van der Waals surface area contributed by atoms with Crippen molar-refractivity contribution in [2.24, 2.45) is 0 Å². The quantitative estimate of drug-likeness (QED) is 0.893. The fourth-order valence-corrected chi connectivity index (χ4v) is 2.97. The summed E-state index contributed by atoms with van der Waals surface area (Å²) in [5.41, 5.74) is 10.8. The summed E-state index contributed by atoms with van der Waals surface area (Å²) in [6, 6.07) is 6.36. The van der Waals surface area contributed by atoms with Gasteiger partial charge in [-0.1, -0.05) is 0 Å². The van der Waals surface area contributed by atoms with Crippen LogP contribution in [0.5, 0.6) is 5.75 Å². The minimum Gasteiger partial charge on any atom is -0.494 e. The average molecular weight is 261 g/mol. The maximum absolute atomic E-state index is 5.88. The third-order valence-corrected chi connectivity index (χ3v) is 3.93.